The van der Waals surface area contributed by atoms with Crippen LogP contribution in [0.3, 0.4) is 0 Å². The number of carbonyl (C=O) groups excluding carboxylic acids is 1. The molecule has 2 rings (SSSR count). The van der Waals surface area contributed by atoms with Crippen molar-refractivity contribution in [1.29, 1.82) is 0 Å². The van der Waals surface area contributed by atoms with Crippen molar-refractivity contribution in [3.05, 3.63) is 29.3 Å². The zero-order valence-electron chi connectivity index (χ0n) is 11.4. The summed E-state index contributed by atoms with van der Waals surface area (Å²) in [5.74, 6) is 0.784. The SMILES string of the molecule is COCc1ccc(C2(N=C=O)CCCC2)cc1OC. The lowest BCUT2D eigenvalue weighted by molar-refractivity contribution is 0.181. The Morgan fingerprint density at radius 2 is 2.05 bits per heavy atom. The van der Waals surface area contributed by atoms with Gasteiger partial charge in [-0.2, -0.15) is 4.99 Å². The predicted octanol–water partition coefficient (Wildman–Crippen LogP) is 2.95. The molecule has 0 aliphatic heterocycles. The van der Waals surface area contributed by atoms with E-state index in [1.165, 1.54) is 0 Å². The number of aliphatic imine (C=N–C) groups is 1. The second-order valence-electron chi connectivity index (χ2n) is 4.90. The summed E-state index contributed by atoms with van der Waals surface area (Å²) in [7, 11) is 3.30. The molecule has 1 aromatic rings. The van der Waals surface area contributed by atoms with Crippen LogP contribution >= 0.6 is 0 Å². The van der Waals surface area contributed by atoms with Crippen LogP contribution in [0, 0.1) is 0 Å². The Labute approximate surface area is 113 Å². The first-order valence-corrected chi connectivity index (χ1v) is 6.51. The van der Waals surface area contributed by atoms with E-state index >= 15 is 0 Å². The fraction of sp³-hybridized carbons (Fsp3) is 0.533. The zero-order chi connectivity index (χ0) is 13.7. The van der Waals surface area contributed by atoms with Gasteiger partial charge < -0.3 is 9.47 Å². The molecule has 0 bridgehead atoms. The molecule has 0 N–H and O–H groups in total. The van der Waals surface area contributed by atoms with Gasteiger partial charge in [0, 0.05) is 12.7 Å². The van der Waals surface area contributed by atoms with E-state index < -0.39 is 5.54 Å². The summed E-state index contributed by atoms with van der Waals surface area (Å²) >= 11 is 0. The summed E-state index contributed by atoms with van der Waals surface area (Å²) in [4.78, 5) is 14.8. The maximum atomic E-state index is 10.7. The van der Waals surface area contributed by atoms with Crippen LogP contribution < -0.4 is 4.74 Å². The first kappa shape index (κ1) is 13.8. The van der Waals surface area contributed by atoms with Crippen molar-refractivity contribution in [1.82, 2.24) is 0 Å². The molecular formula is C15H19NO3. The standard InChI is InChI=1S/C15H19NO3/c1-18-10-12-5-6-13(9-14(12)19-2)15(16-11-17)7-3-4-8-15/h5-6,9H,3-4,7-8,10H2,1-2H3. The van der Waals surface area contributed by atoms with Gasteiger partial charge in [0.2, 0.25) is 6.08 Å². The fourth-order valence-electron chi connectivity index (χ4n) is 2.82. The Kier molecular flexibility index (Phi) is 4.35. The van der Waals surface area contributed by atoms with Gasteiger partial charge in [-0.15, -0.1) is 0 Å². The molecule has 19 heavy (non-hydrogen) atoms. The highest BCUT2D eigenvalue weighted by Gasteiger charge is 2.36. The van der Waals surface area contributed by atoms with E-state index in [1.807, 2.05) is 18.2 Å². The Hall–Kier alpha value is -1.64. The quantitative estimate of drug-likeness (QED) is 0.604. The highest BCUT2D eigenvalue weighted by Crippen LogP contribution is 2.43. The van der Waals surface area contributed by atoms with Crippen molar-refractivity contribution in [3.8, 4) is 5.75 Å². The van der Waals surface area contributed by atoms with Crippen LogP contribution in [0.25, 0.3) is 0 Å². The smallest absolute Gasteiger partial charge is 0.235 e. The lowest BCUT2D eigenvalue weighted by Crippen LogP contribution is -2.19. The second-order valence-corrected chi connectivity index (χ2v) is 4.90. The van der Waals surface area contributed by atoms with Gasteiger partial charge in [0.05, 0.1) is 19.3 Å². The number of hydrogen-bond acceptors (Lipinski definition) is 4. The molecule has 0 spiro atoms. The Balaban J connectivity index is 2.41. The monoisotopic (exact) mass is 261 g/mol. The molecule has 0 radical (unpaired) electrons. The lowest BCUT2D eigenvalue weighted by atomic mass is 9.88. The first-order chi connectivity index (χ1) is 9.25. The number of rotatable bonds is 5. The molecule has 1 aliphatic carbocycles. The van der Waals surface area contributed by atoms with Crippen molar-refractivity contribution in [3.63, 3.8) is 0 Å². The van der Waals surface area contributed by atoms with Crippen LogP contribution in [-0.4, -0.2) is 20.3 Å². The highest BCUT2D eigenvalue weighted by atomic mass is 16.5. The van der Waals surface area contributed by atoms with Gasteiger partial charge in [-0.05, 0) is 24.5 Å². The van der Waals surface area contributed by atoms with Crippen LogP contribution in [0.2, 0.25) is 0 Å². The number of nitrogens with zero attached hydrogens (tertiary/aromatic N) is 1. The molecule has 1 aromatic carbocycles. The fourth-order valence-corrected chi connectivity index (χ4v) is 2.82. The highest BCUT2D eigenvalue weighted by molar-refractivity contribution is 5.44. The van der Waals surface area contributed by atoms with Gasteiger partial charge in [-0.1, -0.05) is 25.0 Å². The minimum Gasteiger partial charge on any atom is -0.496 e. The van der Waals surface area contributed by atoms with Gasteiger partial charge in [0.25, 0.3) is 0 Å². The van der Waals surface area contributed by atoms with Gasteiger partial charge in [-0.3, -0.25) is 0 Å². The van der Waals surface area contributed by atoms with Gasteiger partial charge in [0.1, 0.15) is 5.75 Å². The minimum atomic E-state index is -0.402. The lowest BCUT2D eigenvalue weighted by Gasteiger charge is -2.24. The number of isocyanates is 1. The molecule has 0 atom stereocenters. The number of benzene rings is 1. The third-order valence-corrected chi connectivity index (χ3v) is 3.81. The van der Waals surface area contributed by atoms with E-state index in [-0.39, 0.29) is 0 Å². The minimum absolute atomic E-state index is 0.402. The molecule has 1 aliphatic rings. The third kappa shape index (κ3) is 2.70. The summed E-state index contributed by atoms with van der Waals surface area (Å²) < 4.78 is 10.5. The van der Waals surface area contributed by atoms with Gasteiger partial charge in [0.15, 0.2) is 0 Å². The molecule has 1 fully saturated rings. The predicted molar refractivity (Wildman–Crippen MR) is 72.0 cm³/mol. The molecule has 102 valence electrons. The Bertz CT molecular complexity index is 486. The van der Waals surface area contributed by atoms with Crippen molar-refractivity contribution in [2.45, 2.75) is 37.8 Å². The molecule has 0 saturated heterocycles. The summed E-state index contributed by atoms with van der Waals surface area (Å²) in [5.41, 5.74) is 1.63. The van der Waals surface area contributed by atoms with Crippen molar-refractivity contribution >= 4 is 6.08 Å². The molecular weight excluding hydrogens is 242 g/mol. The molecule has 0 unspecified atom stereocenters. The van der Waals surface area contributed by atoms with Crippen LogP contribution in [0.4, 0.5) is 0 Å². The Morgan fingerprint density at radius 3 is 2.63 bits per heavy atom. The Morgan fingerprint density at radius 1 is 1.32 bits per heavy atom. The summed E-state index contributed by atoms with van der Waals surface area (Å²) in [6.07, 6.45) is 5.71. The molecule has 0 aromatic heterocycles. The first-order valence-electron chi connectivity index (χ1n) is 6.51. The summed E-state index contributed by atoms with van der Waals surface area (Å²) in [6.45, 7) is 0.507. The molecule has 4 nitrogen and oxygen atoms in total. The molecule has 1 saturated carbocycles. The van der Waals surface area contributed by atoms with E-state index in [4.69, 9.17) is 9.47 Å². The van der Waals surface area contributed by atoms with Gasteiger partial charge in [-0.25, -0.2) is 4.79 Å². The van der Waals surface area contributed by atoms with E-state index in [0.29, 0.717) is 6.61 Å². The zero-order valence-corrected chi connectivity index (χ0v) is 11.4. The van der Waals surface area contributed by atoms with Crippen molar-refractivity contribution in [2.75, 3.05) is 14.2 Å². The normalized spacial score (nSPS) is 16.9. The summed E-state index contributed by atoms with van der Waals surface area (Å²) in [6, 6.07) is 5.97. The van der Waals surface area contributed by atoms with Crippen LogP contribution in [0.5, 0.6) is 5.75 Å². The average molecular weight is 261 g/mol. The van der Waals surface area contributed by atoms with Crippen molar-refractivity contribution in [2.24, 2.45) is 4.99 Å². The van der Waals surface area contributed by atoms with Crippen LogP contribution in [0.15, 0.2) is 23.2 Å². The van der Waals surface area contributed by atoms with Crippen LogP contribution in [-0.2, 0) is 21.7 Å². The van der Waals surface area contributed by atoms with E-state index in [2.05, 4.69) is 4.99 Å². The maximum absolute atomic E-state index is 10.7. The second kappa shape index (κ2) is 6.00. The topological polar surface area (TPSA) is 47.9 Å². The number of methoxy groups -OCH3 is 2. The van der Waals surface area contributed by atoms with E-state index in [0.717, 1.165) is 42.6 Å². The average Bonchev–Trinajstić information content (AvgIpc) is 2.90. The summed E-state index contributed by atoms with van der Waals surface area (Å²) in [5, 5.41) is 0. The van der Waals surface area contributed by atoms with Crippen LogP contribution in [0.1, 0.15) is 36.8 Å². The molecule has 4 heteroatoms. The number of hydrogen-bond donors (Lipinski definition) is 0. The largest absolute Gasteiger partial charge is 0.496 e. The maximum Gasteiger partial charge on any atom is 0.235 e. The van der Waals surface area contributed by atoms with Crippen molar-refractivity contribution < 1.29 is 14.3 Å². The number of ether oxygens (including phenoxy) is 2. The van der Waals surface area contributed by atoms with E-state index in [1.54, 1.807) is 20.3 Å². The van der Waals surface area contributed by atoms with Gasteiger partial charge >= 0.3 is 0 Å². The molecule has 0 heterocycles. The van der Waals surface area contributed by atoms with E-state index in [9.17, 15) is 4.79 Å². The molecule has 0 amide bonds. The third-order valence-electron chi connectivity index (χ3n) is 3.81.